The molecule has 0 aromatic heterocycles. The maximum absolute atomic E-state index is 5.64. The van der Waals surface area contributed by atoms with E-state index in [0.29, 0.717) is 0 Å². The summed E-state index contributed by atoms with van der Waals surface area (Å²) >= 11 is 0. The van der Waals surface area contributed by atoms with Crippen LogP contribution in [0.25, 0.3) is 5.76 Å². The molecule has 2 rings (SSSR count). The molecule has 1 aromatic carbocycles. The number of hydrogen-bond donors (Lipinski definition) is 0. The van der Waals surface area contributed by atoms with Gasteiger partial charge in [0.05, 0.1) is 7.11 Å². The van der Waals surface area contributed by atoms with Crippen molar-refractivity contribution in [3.8, 4) is 5.75 Å². The first-order chi connectivity index (χ1) is 7.70. The van der Waals surface area contributed by atoms with E-state index in [-0.39, 0.29) is 0 Å². The van der Waals surface area contributed by atoms with Gasteiger partial charge < -0.3 is 9.57 Å². The molecule has 0 atom stereocenters. The molecule has 0 amide bonds. The minimum Gasteiger partial charge on any atom is -0.497 e. The third-order valence-electron chi connectivity index (χ3n) is 2.58. The number of benzene rings is 1. The second-order valence-electron chi connectivity index (χ2n) is 3.66. The fraction of sp³-hybridized carbons (Fsp3) is 0.231. The van der Waals surface area contributed by atoms with Crippen molar-refractivity contribution >= 4 is 5.76 Å². The molecule has 0 fully saturated rings. The quantitative estimate of drug-likeness (QED) is 0.760. The van der Waals surface area contributed by atoms with Crippen LogP contribution in [0.1, 0.15) is 12.5 Å². The van der Waals surface area contributed by atoms with Crippen LogP contribution in [0.3, 0.4) is 0 Å². The molecule has 3 nitrogen and oxygen atoms in total. The number of ether oxygens (including phenoxy) is 1. The summed E-state index contributed by atoms with van der Waals surface area (Å²) in [5.74, 6) is 1.69. The number of hydroxylamine groups is 2. The summed E-state index contributed by atoms with van der Waals surface area (Å²) in [7, 11) is 3.55. The van der Waals surface area contributed by atoms with E-state index in [1.54, 1.807) is 12.2 Å². The molecule has 0 unspecified atom stereocenters. The van der Waals surface area contributed by atoms with Gasteiger partial charge in [0.1, 0.15) is 5.75 Å². The number of rotatable bonds is 2. The SMILES string of the molecule is COc1ccc(C2=CC=C(C)N(C)O2)cc1. The molecule has 0 N–H and O–H groups in total. The average molecular weight is 217 g/mol. The van der Waals surface area contributed by atoms with Crippen LogP contribution >= 0.6 is 0 Å². The van der Waals surface area contributed by atoms with Gasteiger partial charge in [0.2, 0.25) is 0 Å². The van der Waals surface area contributed by atoms with Crippen molar-refractivity contribution in [3.05, 3.63) is 47.7 Å². The van der Waals surface area contributed by atoms with Crippen molar-refractivity contribution in [3.63, 3.8) is 0 Å². The first-order valence-corrected chi connectivity index (χ1v) is 5.15. The van der Waals surface area contributed by atoms with Crippen molar-refractivity contribution in [1.82, 2.24) is 5.06 Å². The minimum absolute atomic E-state index is 0.843. The van der Waals surface area contributed by atoms with Crippen molar-refractivity contribution in [2.75, 3.05) is 14.2 Å². The Morgan fingerprint density at radius 3 is 2.38 bits per heavy atom. The van der Waals surface area contributed by atoms with Crippen molar-refractivity contribution < 1.29 is 9.57 Å². The lowest BCUT2D eigenvalue weighted by atomic mass is 10.1. The van der Waals surface area contributed by atoms with Gasteiger partial charge in [-0.3, -0.25) is 0 Å². The fourth-order valence-corrected chi connectivity index (χ4v) is 1.46. The Kier molecular flexibility index (Phi) is 2.86. The Morgan fingerprint density at radius 2 is 1.81 bits per heavy atom. The van der Waals surface area contributed by atoms with Gasteiger partial charge in [-0.25, -0.2) is 5.06 Å². The van der Waals surface area contributed by atoms with Gasteiger partial charge in [-0.05, 0) is 43.3 Å². The highest BCUT2D eigenvalue weighted by Crippen LogP contribution is 2.24. The Labute approximate surface area is 95.5 Å². The average Bonchev–Trinajstić information content (AvgIpc) is 2.33. The van der Waals surface area contributed by atoms with E-state index < -0.39 is 0 Å². The van der Waals surface area contributed by atoms with Crippen LogP contribution in [0.2, 0.25) is 0 Å². The summed E-state index contributed by atoms with van der Waals surface area (Å²) in [4.78, 5) is 5.64. The van der Waals surface area contributed by atoms with Gasteiger partial charge in [-0.15, -0.1) is 0 Å². The summed E-state index contributed by atoms with van der Waals surface area (Å²) in [5, 5.41) is 1.75. The summed E-state index contributed by atoms with van der Waals surface area (Å²) in [5.41, 5.74) is 2.12. The van der Waals surface area contributed by atoms with Crippen molar-refractivity contribution in [2.24, 2.45) is 0 Å². The molecule has 0 bridgehead atoms. The van der Waals surface area contributed by atoms with Gasteiger partial charge >= 0.3 is 0 Å². The smallest absolute Gasteiger partial charge is 0.162 e. The summed E-state index contributed by atoms with van der Waals surface area (Å²) < 4.78 is 5.11. The van der Waals surface area contributed by atoms with Gasteiger partial charge in [0, 0.05) is 18.3 Å². The van der Waals surface area contributed by atoms with Crippen LogP contribution in [0, 0.1) is 0 Å². The Balaban J connectivity index is 2.25. The van der Waals surface area contributed by atoms with Crippen LogP contribution < -0.4 is 4.74 Å². The van der Waals surface area contributed by atoms with E-state index in [0.717, 1.165) is 22.8 Å². The molecule has 84 valence electrons. The highest BCUT2D eigenvalue weighted by molar-refractivity contribution is 5.62. The van der Waals surface area contributed by atoms with Crippen LogP contribution in [0.4, 0.5) is 0 Å². The summed E-state index contributed by atoms with van der Waals surface area (Å²) in [6, 6.07) is 7.80. The molecule has 0 spiro atoms. The second kappa shape index (κ2) is 4.31. The molecule has 1 aliphatic rings. The normalized spacial score (nSPS) is 15.1. The van der Waals surface area contributed by atoms with Crippen molar-refractivity contribution in [2.45, 2.75) is 6.92 Å². The Bertz CT molecular complexity index is 432. The third kappa shape index (κ3) is 2.03. The van der Waals surface area contributed by atoms with Crippen LogP contribution in [-0.4, -0.2) is 19.2 Å². The molecule has 3 heteroatoms. The largest absolute Gasteiger partial charge is 0.497 e. The molecule has 0 saturated heterocycles. The Morgan fingerprint density at radius 1 is 1.12 bits per heavy atom. The lowest BCUT2D eigenvalue weighted by molar-refractivity contribution is -0.0297. The lowest BCUT2D eigenvalue weighted by Gasteiger charge is -2.25. The highest BCUT2D eigenvalue weighted by Gasteiger charge is 2.11. The van der Waals surface area contributed by atoms with E-state index in [4.69, 9.17) is 9.57 Å². The monoisotopic (exact) mass is 217 g/mol. The molecule has 0 saturated carbocycles. The van der Waals surface area contributed by atoms with Gasteiger partial charge in [0.25, 0.3) is 0 Å². The zero-order valence-electron chi connectivity index (χ0n) is 9.73. The molecule has 1 aliphatic heterocycles. The number of allylic oxidation sites excluding steroid dienone is 3. The van der Waals surface area contributed by atoms with Gasteiger partial charge in [-0.1, -0.05) is 0 Å². The van der Waals surface area contributed by atoms with Crippen LogP contribution in [0.15, 0.2) is 42.1 Å². The van der Waals surface area contributed by atoms with Crippen molar-refractivity contribution in [1.29, 1.82) is 0 Å². The maximum Gasteiger partial charge on any atom is 0.162 e. The lowest BCUT2D eigenvalue weighted by Crippen LogP contribution is -2.18. The molecule has 16 heavy (non-hydrogen) atoms. The molecular weight excluding hydrogens is 202 g/mol. The summed E-state index contributed by atoms with van der Waals surface area (Å²) in [6.07, 6.45) is 4.00. The third-order valence-corrected chi connectivity index (χ3v) is 2.58. The first kappa shape index (κ1) is 10.6. The second-order valence-corrected chi connectivity index (χ2v) is 3.66. The fourth-order valence-electron chi connectivity index (χ4n) is 1.46. The first-order valence-electron chi connectivity index (χ1n) is 5.15. The highest BCUT2D eigenvalue weighted by atomic mass is 16.7. The zero-order valence-corrected chi connectivity index (χ0v) is 9.73. The Hall–Kier alpha value is -1.90. The van der Waals surface area contributed by atoms with E-state index in [1.165, 1.54) is 0 Å². The van der Waals surface area contributed by atoms with Gasteiger partial charge in [0.15, 0.2) is 5.76 Å². The number of hydrogen-bond acceptors (Lipinski definition) is 3. The van der Waals surface area contributed by atoms with E-state index in [2.05, 4.69) is 0 Å². The van der Waals surface area contributed by atoms with Crippen LogP contribution in [0.5, 0.6) is 5.75 Å². The predicted octanol–water partition coefficient (Wildman–Crippen LogP) is 2.82. The topological polar surface area (TPSA) is 21.7 Å². The van der Waals surface area contributed by atoms with E-state index >= 15 is 0 Å². The van der Waals surface area contributed by atoms with Gasteiger partial charge in [-0.2, -0.15) is 0 Å². The molecule has 1 aromatic rings. The number of methoxy groups -OCH3 is 1. The minimum atomic E-state index is 0.843. The molecule has 0 aliphatic carbocycles. The number of nitrogens with zero attached hydrogens (tertiary/aromatic N) is 1. The standard InChI is InChI=1S/C13H15NO2/c1-10-4-9-13(16-14(10)2)11-5-7-12(15-3)8-6-11/h4-9H,1-3H3. The molecule has 1 heterocycles. The molecule has 0 radical (unpaired) electrons. The summed E-state index contributed by atoms with van der Waals surface area (Å²) in [6.45, 7) is 2.00. The van der Waals surface area contributed by atoms with E-state index in [9.17, 15) is 0 Å². The van der Waals surface area contributed by atoms with E-state index in [1.807, 2.05) is 50.4 Å². The maximum atomic E-state index is 5.64. The molecular formula is C13H15NO2. The zero-order chi connectivity index (χ0) is 11.5. The van der Waals surface area contributed by atoms with Crippen LogP contribution in [-0.2, 0) is 4.84 Å². The predicted molar refractivity (Wildman–Crippen MR) is 63.6 cm³/mol.